The van der Waals surface area contributed by atoms with Crippen molar-refractivity contribution < 1.29 is 13.6 Å². The van der Waals surface area contributed by atoms with E-state index in [4.69, 9.17) is 9.47 Å². The Kier molecular flexibility index (Phi) is 6.80. The van der Waals surface area contributed by atoms with Crippen molar-refractivity contribution in [2.24, 2.45) is 0 Å². The maximum absolute atomic E-state index is 15.5. The average molecular weight is 338 g/mol. The molecule has 0 spiro atoms. The molecule has 1 aliphatic rings. The fourth-order valence-corrected chi connectivity index (χ4v) is 6.76. The largest absolute Gasteiger partial charge is 0.353 e. The number of hydrogen-bond donors (Lipinski definition) is 0. The van der Waals surface area contributed by atoms with Crippen LogP contribution in [0, 0.1) is 0 Å². The Hall–Kier alpha value is -0.713. The van der Waals surface area contributed by atoms with Gasteiger partial charge in [-0.15, -0.1) is 0 Å². The van der Waals surface area contributed by atoms with Gasteiger partial charge in [-0.2, -0.15) is 0 Å². The Bertz CT molecular complexity index is 459. The van der Waals surface area contributed by atoms with Gasteiger partial charge in [0.2, 0.25) is 0 Å². The SMILES string of the molecule is CC(C)[Si]([18F])(c1ccc(CCOC2CCCCO2)cc1)C(C)C. The third-order valence-electron chi connectivity index (χ3n) is 4.91. The number of ether oxygens (including phenoxy) is 2. The summed E-state index contributed by atoms with van der Waals surface area (Å²) in [6.45, 7) is 9.52. The third-order valence-corrected chi connectivity index (χ3v) is 9.49. The zero-order valence-electron chi connectivity index (χ0n) is 15.0. The molecule has 0 radical (unpaired) electrons. The second kappa shape index (κ2) is 8.40. The predicted molar refractivity (Wildman–Crippen MR) is 96.4 cm³/mol. The van der Waals surface area contributed by atoms with Gasteiger partial charge in [0.15, 0.2) is 6.29 Å². The Morgan fingerprint density at radius 3 is 2.30 bits per heavy atom. The summed E-state index contributed by atoms with van der Waals surface area (Å²) in [7, 11) is -2.91. The second-order valence-corrected chi connectivity index (χ2v) is 11.6. The quantitative estimate of drug-likeness (QED) is 0.530. The normalized spacial score (nSPS) is 19.5. The number of benzene rings is 1. The first-order valence-corrected chi connectivity index (χ1v) is 11.0. The molecule has 0 amide bonds. The summed E-state index contributed by atoms with van der Waals surface area (Å²) in [4.78, 5) is 0. The lowest BCUT2D eigenvalue weighted by Gasteiger charge is -2.30. The fraction of sp³-hybridized carbons (Fsp3) is 0.684. The van der Waals surface area contributed by atoms with Crippen LogP contribution in [0.1, 0.15) is 52.5 Å². The predicted octanol–water partition coefficient (Wildman–Crippen LogP) is 4.71. The first-order chi connectivity index (χ1) is 10.9. The number of rotatable bonds is 7. The molecule has 0 bridgehead atoms. The summed E-state index contributed by atoms with van der Waals surface area (Å²) in [5.74, 6) is 0. The first-order valence-electron chi connectivity index (χ1n) is 8.96. The van der Waals surface area contributed by atoms with Gasteiger partial charge in [0.25, 0.3) is 8.41 Å². The fourth-order valence-electron chi connectivity index (χ4n) is 3.41. The molecule has 1 saturated heterocycles. The molecular weight excluding hydrogens is 306 g/mol. The van der Waals surface area contributed by atoms with Crippen molar-refractivity contribution in [2.45, 2.75) is 70.8 Å². The highest BCUT2D eigenvalue weighted by atomic mass is 28.4. The van der Waals surface area contributed by atoms with Crippen LogP contribution in [0.25, 0.3) is 0 Å². The summed E-state index contributed by atoms with van der Waals surface area (Å²) in [5.41, 5.74) is 1.40. The summed E-state index contributed by atoms with van der Waals surface area (Å²) in [5, 5.41) is 0.919. The van der Waals surface area contributed by atoms with Crippen LogP contribution >= 0.6 is 0 Å². The van der Waals surface area contributed by atoms with Gasteiger partial charge >= 0.3 is 0 Å². The molecule has 1 aromatic rings. The second-order valence-electron chi connectivity index (χ2n) is 7.19. The molecule has 1 aliphatic heterocycles. The molecule has 1 heterocycles. The highest BCUT2D eigenvalue weighted by Gasteiger charge is 2.43. The van der Waals surface area contributed by atoms with Gasteiger partial charge < -0.3 is 13.6 Å². The average Bonchev–Trinajstić information content (AvgIpc) is 2.55. The van der Waals surface area contributed by atoms with Gasteiger partial charge in [-0.25, -0.2) is 0 Å². The summed E-state index contributed by atoms with van der Waals surface area (Å²) < 4.78 is 26.8. The van der Waals surface area contributed by atoms with E-state index in [1.54, 1.807) is 0 Å². The van der Waals surface area contributed by atoms with E-state index in [1.165, 1.54) is 12.0 Å². The molecule has 23 heavy (non-hydrogen) atoms. The lowest BCUT2D eigenvalue weighted by Crippen LogP contribution is -2.49. The Labute approximate surface area is 141 Å². The van der Waals surface area contributed by atoms with E-state index in [1.807, 2.05) is 39.8 Å². The topological polar surface area (TPSA) is 18.5 Å². The molecule has 0 saturated carbocycles. The van der Waals surface area contributed by atoms with Gasteiger partial charge in [-0.05, 0) is 47.5 Å². The molecule has 0 aliphatic carbocycles. The monoisotopic (exact) mass is 337 g/mol. The third kappa shape index (κ3) is 4.65. The van der Waals surface area contributed by atoms with E-state index in [-0.39, 0.29) is 17.4 Å². The highest BCUT2D eigenvalue weighted by molar-refractivity contribution is 6.88. The van der Waals surface area contributed by atoms with E-state index in [2.05, 4.69) is 12.1 Å². The molecule has 1 atom stereocenters. The van der Waals surface area contributed by atoms with E-state index < -0.39 is 8.41 Å². The van der Waals surface area contributed by atoms with Crippen molar-refractivity contribution >= 4 is 13.6 Å². The van der Waals surface area contributed by atoms with Gasteiger partial charge in [-0.3, -0.25) is 0 Å². The molecule has 0 N–H and O–H groups in total. The standard InChI is InChI=1S/C19H31FO2Si/c1-15(2)23(20,16(3)4)18-10-8-17(9-11-18)12-14-22-19-7-5-6-13-21-19/h8-11,15-16,19H,5-7,12-14H2,1-4H3/i20-1. The molecule has 0 aromatic heterocycles. The Balaban J connectivity index is 1.91. The van der Waals surface area contributed by atoms with Crippen LogP contribution in [-0.2, 0) is 15.9 Å². The van der Waals surface area contributed by atoms with Crippen LogP contribution in [0.3, 0.4) is 0 Å². The van der Waals surface area contributed by atoms with E-state index in [0.29, 0.717) is 6.61 Å². The zero-order valence-corrected chi connectivity index (χ0v) is 16.0. The molecule has 2 nitrogen and oxygen atoms in total. The number of halogens is 1. The van der Waals surface area contributed by atoms with Crippen molar-refractivity contribution in [3.63, 3.8) is 0 Å². The van der Waals surface area contributed by atoms with Gasteiger partial charge in [0.05, 0.1) is 6.61 Å². The van der Waals surface area contributed by atoms with Crippen molar-refractivity contribution in [1.29, 1.82) is 0 Å². The summed E-state index contributed by atoms with van der Waals surface area (Å²) in [6.07, 6.45) is 4.15. The van der Waals surface area contributed by atoms with E-state index in [9.17, 15) is 0 Å². The van der Waals surface area contributed by atoms with Gasteiger partial charge in [0, 0.05) is 6.61 Å². The lowest BCUT2D eigenvalue weighted by molar-refractivity contribution is -0.161. The van der Waals surface area contributed by atoms with Gasteiger partial charge in [0.1, 0.15) is 0 Å². The van der Waals surface area contributed by atoms with Crippen molar-refractivity contribution in [1.82, 2.24) is 0 Å². The maximum atomic E-state index is 15.5. The lowest BCUT2D eigenvalue weighted by atomic mass is 10.1. The molecule has 2 rings (SSSR count). The van der Waals surface area contributed by atoms with Crippen molar-refractivity contribution in [3.8, 4) is 0 Å². The van der Waals surface area contributed by atoms with Crippen molar-refractivity contribution in [2.75, 3.05) is 13.2 Å². The summed E-state index contributed by atoms with van der Waals surface area (Å²) in [6, 6.07) is 8.12. The summed E-state index contributed by atoms with van der Waals surface area (Å²) >= 11 is 0. The highest BCUT2D eigenvalue weighted by Crippen LogP contribution is 2.33. The van der Waals surface area contributed by atoms with E-state index in [0.717, 1.165) is 31.1 Å². The minimum absolute atomic E-state index is 0.0317. The van der Waals surface area contributed by atoms with Crippen LogP contribution in [-0.4, -0.2) is 27.9 Å². The van der Waals surface area contributed by atoms with Crippen LogP contribution in [0.15, 0.2) is 24.3 Å². The minimum atomic E-state index is -2.91. The van der Waals surface area contributed by atoms with E-state index >= 15 is 4.11 Å². The Morgan fingerprint density at radius 2 is 1.78 bits per heavy atom. The smallest absolute Gasteiger partial charge is 0.282 e. The molecular formula is C19H31FO2Si. The molecule has 1 fully saturated rings. The van der Waals surface area contributed by atoms with Crippen LogP contribution in [0.2, 0.25) is 11.1 Å². The molecule has 4 heteroatoms. The minimum Gasteiger partial charge on any atom is -0.353 e. The molecule has 1 aromatic carbocycles. The van der Waals surface area contributed by atoms with Crippen LogP contribution in [0.5, 0.6) is 0 Å². The van der Waals surface area contributed by atoms with Crippen LogP contribution in [0.4, 0.5) is 4.11 Å². The first kappa shape index (κ1) is 18.6. The van der Waals surface area contributed by atoms with Crippen molar-refractivity contribution in [3.05, 3.63) is 29.8 Å². The Morgan fingerprint density at radius 1 is 1.13 bits per heavy atom. The number of hydrogen-bond acceptors (Lipinski definition) is 2. The maximum Gasteiger partial charge on any atom is 0.282 e. The van der Waals surface area contributed by atoms with Crippen LogP contribution < -0.4 is 5.19 Å². The molecule has 1 unspecified atom stereocenters. The zero-order chi connectivity index (χ0) is 16.9. The van der Waals surface area contributed by atoms with Gasteiger partial charge in [-0.1, -0.05) is 52.0 Å². The molecule has 130 valence electrons.